The molecule has 0 aliphatic carbocycles. The fraction of sp³-hybridized carbons (Fsp3) is 0.188. The minimum Gasteiger partial charge on any atom is -0.486 e. The Bertz CT molecular complexity index is 739. The van der Waals surface area contributed by atoms with Crippen molar-refractivity contribution in [2.45, 2.75) is 0 Å². The third-order valence-corrected chi connectivity index (χ3v) is 3.99. The Balaban J connectivity index is 1.63. The van der Waals surface area contributed by atoms with Gasteiger partial charge < -0.3 is 20.1 Å². The van der Waals surface area contributed by atoms with Crippen LogP contribution in [0.15, 0.2) is 40.9 Å². The molecule has 1 aliphatic rings. The zero-order valence-corrected chi connectivity index (χ0v) is 14.4. The molecule has 1 amide bonds. The smallest absolute Gasteiger partial charge is 0.243 e. The van der Waals surface area contributed by atoms with Crippen molar-refractivity contribution in [3.05, 3.63) is 45.9 Å². The van der Waals surface area contributed by atoms with Gasteiger partial charge in [-0.3, -0.25) is 4.79 Å². The van der Waals surface area contributed by atoms with E-state index in [2.05, 4.69) is 26.6 Å². The zero-order valence-electron chi connectivity index (χ0n) is 12.1. The lowest BCUT2D eigenvalue weighted by Crippen LogP contribution is -2.22. The molecule has 2 aromatic rings. The Morgan fingerprint density at radius 3 is 2.65 bits per heavy atom. The van der Waals surface area contributed by atoms with Gasteiger partial charge in [0.05, 0.1) is 17.3 Å². The average molecular weight is 398 g/mol. The Hall–Kier alpha value is -1.92. The minimum atomic E-state index is -0.205. The molecule has 0 saturated carbocycles. The number of hydrogen-bond acceptors (Lipinski definition) is 4. The molecule has 0 radical (unpaired) electrons. The van der Waals surface area contributed by atoms with Crippen LogP contribution < -0.4 is 20.1 Å². The number of carbonyl (C=O) groups excluding carboxylic acids is 1. The second kappa shape index (κ2) is 7.10. The van der Waals surface area contributed by atoms with Gasteiger partial charge in [0.1, 0.15) is 13.2 Å². The van der Waals surface area contributed by atoms with Crippen LogP contribution in [0.4, 0.5) is 11.4 Å². The Morgan fingerprint density at radius 1 is 1.17 bits per heavy atom. The third kappa shape index (κ3) is 4.09. The van der Waals surface area contributed by atoms with Crippen LogP contribution in [0.3, 0.4) is 0 Å². The summed E-state index contributed by atoms with van der Waals surface area (Å²) >= 11 is 9.55. The van der Waals surface area contributed by atoms with Gasteiger partial charge in [-0.2, -0.15) is 0 Å². The molecule has 2 N–H and O–H groups in total. The highest BCUT2D eigenvalue weighted by molar-refractivity contribution is 9.10. The van der Waals surface area contributed by atoms with E-state index in [0.717, 1.165) is 10.2 Å². The first-order chi connectivity index (χ1) is 11.1. The van der Waals surface area contributed by atoms with Crippen molar-refractivity contribution in [1.82, 2.24) is 0 Å². The molecule has 7 heteroatoms. The lowest BCUT2D eigenvalue weighted by molar-refractivity contribution is -0.114. The van der Waals surface area contributed by atoms with Gasteiger partial charge in [-0.15, -0.1) is 0 Å². The van der Waals surface area contributed by atoms with Gasteiger partial charge in [-0.05, 0) is 18.2 Å². The molecule has 0 atom stereocenters. The lowest BCUT2D eigenvalue weighted by atomic mass is 10.2. The van der Waals surface area contributed by atoms with Crippen LogP contribution in [-0.4, -0.2) is 25.7 Å². The molecule has 3 rings (SSSR count). The fourth-order valence-corrected chi connectivity index (χ4v) is 2.74. The van der Waals surface area contributed by atoms with Gasteiger partial charge in [0.25, 0.3) is 0 Å². The number of amides is 1. The molecule has 0 unspecified atom stereocenters. The maximum absolute atomic E-state index is 12.1. The van der Waals surface area contributed by atoms with E-state index < -0.39 is 0 Å². The van der Waals surface area contributed by atoms with Crippen LogP contribution in [0.2, 0.25) is 5.02 Å². The largest absolute Gasteiger partial charge is 0.486 e. The summed E-state index contributed by atoms with van der Waals surface area (Å²) in [5, 5.41) is 6.22. The van der Waals surface area contributed by atoms with E-state index in [9.17, 15) is 4.79 Å². The highest BCUT2D eigenvalue weighted by atomic mass is 79.9. The number of rotatable bonds is 4. The number of fused-ring (bicyclic) bond motifs is 1. The Kier molecular flexibility index (Phi) is 4.93. The predicted octanol–water partition coefficient (Wildman–Crippen LogP) is 3.92. The van der Waals surface area contributed by atoms with Gasteiger partial charge in [-0.1, -0.05) is 33.6 Å². The first-order valence-electron chi connectivity index (χ1n) is 7.00. The molecule has 5 nitrogen and oxygen atoms in total. The van der Waals surface area contributed by atoms with Crippen LogP contribution in [0.25, 0.3) is 0 Å². The molecule has 2 aromatic carbocycles. The minimum absolute atomic E-state index is 0.126. The van der Waals surface area contributed by atoms with Crippen molar-refractivity contribution in [2.75, 3.05) is 30.4 Å². The van der Waals surface area contributed by atoms with E-state index in [0.29, 0.717) is 35.4 Å². The first-order valence-corrected chi connectivity index (χ1v) is 8.17. The number of carbonyl (C=O) groups is 1. The predicted molar refractivity (Wildman–Crippen MR) is 93.7 cm³/mol. The van der Waals surface area contributed by atoms with Crippen LogP contribution in [0.5, 0.6) is 11.5 Å². The van der Waals surface area contributed by atoms with Crippen molar-refractivity contribution < 1.29 is 14.3 Å². The third-order valence-electron chi connectivity index (χ3n) is 3.18. The molecule has 0 spiro atoms. The van der Waals surface area contributed by atoms with Crippen molar-refractivity contribution in [2.24, 2.45) is 0 Å². The zero-order chi connectivity index (χ0) is 16.2. The highest BCUT2D eigenvalue weighted by Gasteiger charge is 2.16. The lowest BCUT2D eigenvalue weighted by Gasteiger charge is -2.20. The van der Waals surface area contributed by atoms with E-state index in [4.69, 9.17) is 21.1 Å². The van der Waals surface area contributed by atoms with Crippen molar-refractivity contribution >= 4 is 44.8 Å². The number of anilines is 2. The summed E-state index contributed by atoms with van der Waals surface area (Å²) in [4.78, 5) is 12.1. The fourth-order valence-electron chi connectivity index (χ4n) is 2.13. The second-order valence-electron chi connectivity index (χ2n) is 4.89. The van der Waals surface area contributed by atoms with Crippen molar-refractivity contribution in [3.63, 3.8) is 0 Å². The van der Waals surface area contributed by atoms with Crippen LogP contribution in [0, 0.1) is 0 Å². The summed E-state index contributed by atoms with van der Waals surface area (Å²) in [6.45, 7) is 1.10. The SMILES string of the molecule is O=C(CNc1cccc(Br)c1)Nc1cc2c(cc1Cl)OCCO2. The number of nitrogens with one attached hydrogen (secondary N) is 2. The average Bonchev–Trinajstić information content (AvgIpc) is 2.54. The topological polar surface area (TPSA) is 59.6 Å². The number of benzene rings is 2. The number of ether oxygens (including phenoxy) is 2. The number of hydrogen-bond donors (Lipinski definition) is 2. The Morgan fingerprint density at radius 2 is 1.91 bits per heavy atom. The van der Waals surface area contributed by atoms with Crippen molar-refractivity contribution in [1.29, 1.82) is 0 Å². The van der Waals surface area contributed by atoms with Crippen LogP contribution in [0.1, 0.15) is 0 Å². The van der Waals surface area contributed by atoms with E-state index in [-0.39, 0.29) is 12.5 Å². The molecular weight excluding hydrogens is 384 g/mol. The van der Waals surface area contributed by atoms with Gasteiger partial charge >= 0.3 is 0 Å². The Labute approximate surface area is 147 Å². The quantitative estimate of drug-likeness (QED) is 0.821. The second-order valence-corrected chi connectivity index (χ2v) is 6.21. The monoisotopic (exact) mass is 396 g/mol. The first kappa shape index (κ1) is 16.0. The molecule has 0 bridgehead atoms. The van der Waals surface area contributed by atoms with E-state index in [1.165, 1.54) is 0 Å². The molecule has 0 aromatic heterocycles. The molecule has 23 heavy (non-hydrogen) atoms. The number of halogens is 2. The standard InChI is InChI=1S/C16H14BrClN2O3/c17-10-2-1-3-11(6-10)19-9-16(21)20-13-8-15-14(7-12(13)18)22-4-5-23-15/h1-3,6-8,19H,4-5,9H2,(H,20,21). The summed E-state index contributed by atoms with van der Waals surface area (Å²) in [7, 11) is 0. The van der Waals surface area contributed by atoms with E-state index in [1.807, 2.05) is 24.3 Å². The summed E-state index contributed by atoms with van der Waals surface area (Å²) in [5.41, 5.74) is 1.35. The summed E-state index contributed by atoms with van der Waals surface area (Å²) in [6.07, 6.45) is 0. The van der Waals surface area contributed by atoms with E-state index in [1.54, 1.807) is 12.1 Å². The van der Waals surface area contributed by atoms with E-state index >= 15 is 0 Å². The molecule has 1 aliphatic heterocycles. The molecule has 0 saturated heterocycles. The van der Waals surface area contributed by atoms with Gasteiger partial charge in [0, 0.05) is 22.3 Å². The molecule has 1 heterocycles. The van der Waals surface area contributed by atoms with Crippen LogP contribution >= 0.6 is 27.5 Å². The van der Waals surface area contributed by atoms with Crippen molar-refractivity contribution in [3.8, 4) is 11.5 Å². The molecule has 120 valence electrons. The molecular formula is C16H14BrClN2O3. The summed E-state index contributed by atoms with van der Waals surface area (Å²) in [6, 6.07) is 10.9. The van der Waals surface area contributed by atoms with Gasteiger partial charge in [-0.25, -0.2) is 0 Å². The molecule has 0 fully saturated rings. The highest BCUT2D eigenvalue weighted by Crippen LogP contribution is 2.37. The summed E-state index contributed by atoms with van der Waals surface area (Å²) < 4.78 is 11.9. The summed E-state index contributed by atoms with van der Waals surface area (Å²) in [5.74, 6) is 0.964. The maximum atomic E-state index is 12.1. The normalized spacial score (nSPS) is 12.6. The maximum Gasteiger partial charge on any atom is 0.243 e. The van der Waals surface area contributed by atoms with Crippen LogP contribution in [-0.2, 0) is 4.79 Å². The van der Waals surface area contributed by atoms with Gasteiger partial charge in [0.2, 0.25) is 5.91 Å². The van der Waals surface area contributed by atoms with Gasteiger partial charge in [0.15, 0.2) is 11.5 Å².